The molecule has 0 aromatic heterocycles. The zero-order valence-corrected chi connectivity index (χ0v) is 12.8. The molecule has 1 aromatic rings. The maximum atomic E-state index is 11.8. The third-order valence-electron chi connectivity index (χ3n) is 2.76. The molecule has 0 radical (unpaired) electrons. The first-order chi connectivity index (χ1) is 9.35. The Hall–Kier alpha value is -1.60. The second-order valence-corrected chi connectivity index (χ2v) is 5.33. The summed E-state index contributed by atoms with van der Waals surface area (Å²) in [4.78, 5) is 22.7. The number of rotatable bonds is 5. The molecule has 0 saturated carbocycles. The number of nitrogens with one attached hydrogen (secondary N) is 2. The number of aryl methyl sites for hydroxylation is 2. The number of carbonyl (C=O) groups excluding carboxylic acids is 1. The molecule has 0 bridgehead atoms. The Kier molecular flexibility index (Phi) is 5.97. The fourth-order valence-electron chi connectivity index (χ4n) is 1.80. The second kappa shape index (κ2) is 7.25. The van der Waals surface area contributed by atoms with Crippen LogP contribution >= 0.6 is 15.9 Å². The predicted octanol–water partition coefficient (Wildman–Crippen LogP) is 2.02. The fraction of sp³-hybridized carbons (Fsp3) is 0.385. The maximum Gasteiger partial charge on any atom is 0.326 e. The number of anilines is 1. The van der Waals surface area contributed by atoms with Gasteiger partial charge in [0.15, 0.2) is 0 Å². The highest BCUT2D eigenvalue weighted by molar-refractivity contribution is 9.10. The molecule has 0 spiro atoms. The van der Waals surface area contributed by atoms with Crippen LogP contribution in [-0.4, -0.2) is 34.9 Å². The summed E-state index contributed by atoms with van der Waals surface area (Å²) in [5.74, 6) is -1.18. The Balaban J connectivity index is 2.78. The van der Waals surface area contributed by atoms with Crippen molar-refractivity contribution in [3.05, 3.63) is 27.7 Å². The normalized spacial score (nSPS) is 11.8. The highest BCUT2D eigenvalue weighted by atomic mass is 79.9. The van der Waals surface area contributed by atoms with Gasteiger partial charge in [0, 0.05) is 23.2 Å². The van der Waals surface area contributed by atoms with E-state index < -0.39 is 18.0 Å². The van der Waals surface area contributed by atoms with Crippen LogP contribution in [0.15, 0.2) is 16.6 Å². The number of benzene rings is 1. The van der Waals surface area contributed by atoms with Gasteiger partial charge in [0.25, 0.3) is 0 Å². The minimum absolute atomic E-state index is 0.0406. The molecule has 7 heteroatoms. The summed E-state index contributed by atoms with van der Waals surface area (Å²) in [5.41, 5.74) is 2.36. The van der Waals surface area contributed by atoms with Crippen molar-refractivity contribution in [3.8, 4) is 0 Å². The van der Waals surface area contributed by atoms with E-state index in [9.17, 15) is 9.59 Å². The van der Waals surface area contributed by atoms with Crippen molar-refractivity contribution in [2.75, 3.05) is 11.9 Å². The summed E-state index contributed by atoms with van der Waals surface area (Å²) in [6.07, 6.45) is -0.0406. The number of aliphatic hydroxyl groups is 1. The van der Waals surface area contributed by atoms with Crippen molar-refractivity contribution in [1.29, 1.82) is 0 Å². The van der Waals surface area contributed by atoms with Gasteiger partial charge in [-0.25, -0.2) is 9.59 Å². The SMILES string of the molecule is Cc1cc(Br)cc(C)c1NC(=O)N[C@@H](CCO)C(=O)O. The number of aliphatic hydroxyl groups excluding tert-OH is 1. The van der Waals surface area contributed by atoms with Crippen LogP contribution in [0.3, 0.4) is 0 Å². The van der Waals surface area contributed by atoms with Gasteiger partial charge in [-0.1, -0.05) is 15.9 Å². The van der Waals surface area contributed by atoms with Gasteiger partial charge in [0.2, 0.25) is 0 Å². The molecule has 0 heterocycles. The lowest BCUT2D eigenvalue weighted by Crippen LogP contribution is -2.43. The van der Waals surface area contributed by atoms with Crippen LogP contribution in [0.5, 0.6) is 0 Å². The molecule has 1 aromatic carbocycles. The van der Waals surface area contributed by atoms with Gasteiger partial charge in [0.1, 0.15) is 6.04 Å². The van der Waals surface area contributed by atoms with E-state index in [1.165, 1.54) is 0 Å². The van der Waals surface area contributed by atoms with Crippen molar-refractivity contribution in [3.63, 3.8) is 0 Å². The van der Waals surface area contributed by atoms with Crippen molar-refractivity contribution in [2.45, 2.75) is 26.3 Å². The lowest BCUT2D eigenvalue weighted by atomic mass is 10.1. The van der Waals surface area contributed by atoms with Crippen LogP contribution in [0.4, 0.5) is 10.5 Å². The van der Waals surface area contributed by atoms with E-state index in [-0.39, 0.29) is 13.0 Å². The van der Waals surface area contributed by atoms with Crippen molar-refractivity contribution < 1.29 is 19.8 Å². The number of aliphatic carboxylic acids is 1. The van der Waals surface area contributed by atoms with Crippen molar-refractivity contribution in [1.82, 2.24) is 5.32 Å². The second-order valence-electron chi connectivity index (χ2n) is 4.42. The Bertz CT molecular complexity index is 496. The van der Waals surface area contributed by atoms with Crippen LogP contribution in [-0.2, 0) is 4.79 Å². The van der Waals surface area contributed by atoms with Gasteiger partial charge in [-0.3, -0.25) is 0 Å². The Morgan fingerprint density at radius 3 is 2.30 bits per heavy atom. The van der Waals surface area contributed by atoms with Crippen LogP contribution in [0.2, 0.25) is 0 Å². The monoisotopic (exact) mass is 344 g/mol. The van der Waals surface area contributed by atoms with E-state index in [1.807, 2.05) is 26.0 Å². The average molecular weight is 345 g/mol. The summed E-state index contributed by atoms with van der Waals surface area (Å²) in [5, 5.41) is 22.6. The zero-order valence-electron chi connectivity index (χ0n) is 11.2. The molecule has 0 aliphatic rings. The Morgan fingerprint density at radius 1 is 1.30 bits per heavy atom. The van der Waals surface area contributed by atoms with E-state index >= 15 is 0 Å². The molecule has 110 valence electrons. The highest BCUT2D eigenvalue weighted by Crippen LogP contribution is 2.24. The highest BCUT2D eigenvalue weighted by Gasteiger charge is 2.19. The van der Waals surface area contributed by atoms with Gasteiger partial charge in [0.05, 0.1) is 0 Å². The lowest BCUT2D eigenvalue weighted by Gasteiger charge is -2.16. The van der Waals surface area contributed by atoms with Crippen LogP contribution in [0.25, 0.3) is 0 Å². The van der Waals surface area contributed by atoms with E-state index in [4.69, 9.17) is 10.2 Å². The number of urea groups is 1. The van der Waals surface area contributed by atoms with Crippen LogP contribution < -0.4 is 10.6 Å². The molecule has 0 unspecified atom stereocenters. The minimum atomic E-state index is -1.18. The first kappa shape index (κ1) is 16.5. The molecule has 0 aliphatic heterocycles. The average Bonchev–Trinajstić information content (AvgIpc) is 2.33. The molecular formula is C13H17BrN2O4. The van der Waals surface area contributed by atoms with Gasteiger partial charge in [-0.15, -0.1) is 0 Å². The predicted molar refractivity (Wildman–Crippen MR) is 78.9 cm³/mol. The topological polar surface area (TPSA) is 98.7 Å². The Labute approximate surface area is 125 Å². The quantitative estimate of drug-likeness (QED) is 0.656. The fourth-order valence-corrected chi connectivity index (χ4v) is 2.49. The number of carboxylic acid groups (broad SMARTS) is 1. The summed E-state index contributed by atoms with van der Waals surface area (Å²) in [6.45, 7) is 3.37. The third-order valence-corrected chi connectivity index (χ3v) is 3.22. The zero-order chi connectivity index (χ0) is 15.3. The summed E-state index contributed by atoms with van der Waals surface area (Å²) < 4.78 is 0.905. The van der Waals surface area contributed by atoms with Gasteiger partial charge >= 0.3 is 12.0 Å². The summed E-state index contributed by atoms with van der Waals surface area (Å²) in [6, 6.07) is 1.98. The smallest absolute Gasteiger partial charge is 0.326 e. The van der Waals surface area contributed by atoms with E-state index in [0.29, 0.717) is 5.69 Å². The van der Waals surface area contributed by atoms with Gasteiger partial charge < -0.3 is 20.8 Å². The molecule has 6 nitrogen and oxygen atoms in total. The number of carbonyl (C=O) groups is 2. The largest absolute Gasteiger partial charge is 0.480 e. The van der Waals surface area contributed by atoms with Crippen molar-refractivity contribution in [2.24, 2.45) is 0 Å². The molecular weight excluding hydrogens is 328 g/mol. The summed E-state index contributed by atoms with van der Waals surface area (Å²) in [7, 11) is 0. The number of carboxylic acids is 1. The maximum absolute atomic E-state index is 11.8. The number of hydrogen-bond acceptors (Lipinski definition) is 3. The standard InChI is InChI=1S/C13H17BrN2O4/c1-7-5-9(14)6-8(2)11(7)16-13(20)15-10(3-4-17)12(18)19/h5-6,10,17H,3-4H2,1-2H3,(H,18,19)(H2,15,16,20)/t10-/m0/s1. The van der Waals surface area contributed by atoms with Crippen LogP contribution in [0, 0.1) is 13.8 Å². The molecule has 4 N–H and O–H groups in total. The molecule has 1 rings (SSSR count). The first-order valence-electron chi connectivity index (χ1n) is 6.03. The Morgan fingerprint density at radius 2 is 1.85 bits per heavy atom. The molecule has 2 amide bonds. The minimum Gasteiger partial charge on any atom is -0.480 e. The van der Waals surface area contributed by atoms with Crippen LogP contribution in [0.1, 0.15) is 17.5 Å². The third kappa shape index (κ3) is 4.50. The van der Waals surface area contributed by atoms with Crippen molar-refractivity contribution >= 4 is 33.6 Å². The number of halogens is 1. The lowest BCUT2D eigenvalue weighted by molar-refractivity contribution is -0.139. The van der Waals surface area contributed by atoms with Gasteiger partial charge in [-0.05, 0) is 37.1 Å². The molecule has 0 saturated heterocycles. The van der Waals surface area contributed by atoms with E-state index in [2.05, 4.69) is 26.6 Å². The van der Waals surface area contributed by atoms with Gasteiger partial charge in [-0.2, -0.15) is 0 Å². The number of hydrogen-bond donors (Lipinski definition) is 4. The molecule has 0 aliphatic carbocycles. The molecule has 20 heavy (non-hydrogen) atoms. The van der Waals surface area contributed by atoms with E-state index in [1.54, 1.807) is 0 Å². The molecule has 1 atom stereocenters. The van der Waals surface area contributed by atoms with E-state index in [0.717, 1.165) is 15.6 Å². The number of amides is 2. The first-order valence-corrected chi connectivity index (χ1v) is 6.82. The summed E-state index contributed by atoms with van der Waals surface area (Å²) >= 11 is 3.36. The molecule has 0 fully saturated rings.